The molecule has 0 heterocycles. The van der Waals surface area contributed by atoms with Crippen LogP contribution in [-0.2, 0) is 14.8 Å². The van der Waals surface area contributed by atoms with E-state index in [4.69, 9.17) is 5.11 Å². The zero-order chi connectivity index (χ0) is 16.9. The first-order valence-corrected chi connectivity index (χ1v) is 9.64. The summed E-state index contributed by atoms with van der Waals surface area (Å²) in [5.74, 6) is -0.800. The minimum absolute atomic E-state index is 0.140. The van der Waals surface area contributed by atoms with Gasteiger partial charge in [0.2, 0.25) is 10.0 Å². The van der Waals surface area contributed by atoms with E-state index >= 15 is 0 Å². The van der Waals surface area contributed by atoms with Crippen molar-refractivity contribution < 1.29 is 18.3 Å². The van der Waals surface area contributed by atoms with Crippen molar-refractivity contribution in [2.24, 2.45) is 0 Å². The Hall–Kier alpha value is -1.40. The summed E-state index contributed by atoms with van der Waals surface area (Å²) in [6.45, 7) is 1.92. The number of hydrogen-bond donors (Lipinski definition) is 2. The Morgan fingerprint density at radius 1 is 1.17 bits per heavy atom. The van der Waals surface area contributed by atoms with Gasteiger partial charge < -0.3 is 5.11 Å². The van der Waals surface area contributed by atoms with Gasteiger partial charge in [-0.1, -0.05) is 37.0 Å². The molecule has 2 N–H and O–H groups in total. The minimum atomic E-state index is -3.54. The summed E-state index contributed by atoms with van der Waals surface area (Å²) in [5, 5.41) is 8.72. The first-order chi connectivity index (χ1) is 10.8. The highest BCUT2D eigenvalue weighted by molar-refractivity contribution is 7.89. The van der Waals surface area contributed by atoms with E-state index in [9.17, 15) is 13.2 Å². The molecule has 1 aliphatic carbocycles. The second kappa shape index (κ2) is 7.45. The summed E-state index contributed by atoms with van der Waals surface area (Å²) in [7, 11) is -3.54. The summed E-state index contributed by atoms with van der Waals surface area (Å²) < 4.78 is 28.2. The maximum absolute atomic E-state index is 12.6. The van der Waals surface area contributed by atoms with E-state index in [2.05, 4.69) is 4.72 Å². The smallest absolute Gasteiger partial charge is 0.303 e. The number of carboxylic acid groups (broad SMARTS) is 1. The van der Waals surface area contributed by atoms with Crippen LogP contribution < -0.4 is 4.72 Å². The molecule has 0 radical (unpaired) electrons. The maximum Gasteiger partial charge on any atom is 0.303 e. The standard InChI is InChI=1S/C17H25NO4S/c1-14-7-9-15(10-8-14)23(21,22)18-17(12-4-5-13-17)11-3-2-6-16(19)20/h7-10,18H,2-6,11-13H2,1H3,(H,19,20). The second-order valence-electron chi connectivity index (χ2n) is 6.51. The highest BCUT2D eigenvalue weighted by Crippen LogP contribution is 2.35. The number of carbonyl (C=O) groups is 1. The quantitative estimate of drug-likeness (QED) is 0.712. The number of nitrogens with one attached hydrogen (secondary N) is 1. The topological polar surface area (TPSA) is 83.5 Å². The Bertz CT molecular complexity index is 631. The third kappa shape index (κ3) is 5.04. The molecule has 1 aromatic carbocycles. The van der Waals surface area contributed by atoms with Crippen LogP contribution in [0.5, 0.6) is 0 Å². The van der Waals surface area contributed by atoms with Crippen LogP contribution in [0.2, 0.25) is 0 Å². The average molecular weight is 339 g/mol. The summed E-state index contributed by atoms with van der Waals surface area (Å²) >= 11 is 0. The highest BCUT2D eigenvalue weighted by atomic mass is 32.2. The van der Waals surface area contributed by atoms with Crippen LogP contribution in [-0.4, -0.2) is 25.0 Å². The number of unbranched alkanes of at least 4 members (excludes halogenated alkanes) is 1. The van der Waals surface area contributed by atoms with Crippen LogP contribution in [0.4, 0.5) is 0 Å². The molecule has 2 rings (SSSR count). The predicted octanol–water partition coefficient (Wildman–Crippen LogP) is 3.23. The van der Waals surface area contributed by atoms with Crippen molar-refractivity contribution in [2.45, 2.75) is 68.7 Å². The van der Waals surface area contributed by atoms with Gasteiger partial charge in [0.15, 0.2) is 0 Å². The normalized spacial score (nSPS) is 17.3. The van der Waals surface area contributed by atoms with Gasteiger partial charge in [-0.25, -0.2) is 13.1 Å². The van der Waals surface area contributed by atoms with Crippen LogP contribution in [0.25, 0.3) is 0 Å². The van der Waals surface area contributed by atoms with E-state index in [0.717, 1.165) is 37.7 Å². The minimum Gasteiger partial charge on any atom is -0.481 e. The molecule has 0 aromatic heterocycles. The maximum atomic E-state index is 12.6. The molecule has 1 saturated carbocycles. The van der Waals surface area contributed by atoms with Gasteiger partial charge in [-0.05, 0) is 44.7 Å². The summed E-state index contributed by atoms with van der Waals surface area (Å²) in [6.07, 6.45) is 5.82. The molecule has 1 aromatic rings. The van der Waals surface area contributed by atoms with Crippen molar-refractivity contribution >= 4 is 16.0 Å². The second-order valence-corrected chi connectivity index (χ2v) is 8.19. The molecule has 1 fully saturated rings. The number of sulfonamides is 1. The van der Waals surface area contributed by atoms with Crippen molar-refractivity contribution in [3.05, 3.63) is 29.8 Å². The van der Waals surface area contributed by atoms with E-state index in [0.29, 0.717) is 17.7 Å². The first-order valence-electron chi connectivity index (χ1n) is 8.15. The fraction of sp³-hybridized carbons (Fsp3) is 0.588. The Morgan fingerprint density at radius 3 is 2.35 bits per heavy atom. The number of aliphatic carboxylic acids is 1. The molecule has 23 heavy (non-hydrogen) atoms. The van der Waals surface area contributed by atoms with Crippen molar-refractivity contribution in [3.8, 4) is 0 Å². The van der Waals surface area contributed by atoms with Crippen molar-refractivity contribution in [2.75, 3.05) is 0 Å². The number of aryl methyl sites for hydroxylation is 1. The van der Waals surface area contributed by atoms with E-state index in [1.54, 1.807) is 24.3 Å². The monoisotopic (exact) mass is 339 g/mol. The van der Waals surface area contributed by atoms with Crippen molar-refractivity contribution in [1.82, 2.24) is 4.72 Å². The van der Waals surface area contributed by atoms with E-state index in [1.165, 1.54) is 0 Å². The molecule has 0 unspecified atom stereocenters. The Labute approximate surface area is 138 Å². The summed E-state index contributed by atoms with van der Waals surface area (Å²) in [4.78, 5) is 10.9. The number of benzene rings is 1. The van der Waals surface area contributed by atoms with Gasteiger partial charge in [0.25, 0.3) is 0 Å². The van der Waals surface area contributed by atoms with E-state index in [1.807, 2.05) is 6.92 Å². The largest absolute Gasteiger partial charge is 0.481 e. The van der Waals surface area contributed by atoms with Gasteiger partial charge in [0, 0.05) is 12.0 Å². The van der Waals surface area contributed by atoms with Crippen LogP contribution >= 0.6 is 0 Å². The molecule has 5 nitrogen and oxygen atoms in total. The van der Waals surface area contributed by atoms with E-state index < -0.39 is 21.5 Å². The lowest BCUT2D eigenvalue weighted by Gasteiger charge is -2.30. The molecule has 6 heteroatoms. The molecule has 0 spiro atoms. The molecule has 128 valence electrons. The molecule has 0 aliphatic heterocycles. The van der Waals surface area contributed by atoms with Gasteiger partial charge in [0.1, 0.15) is 0 Å². The highest BCUT2D eigenvalue weighted by Gasteiger charge is 2.37. The number of hydrogen-bond acceptors (Lipinski definition) is 3. The van der Waals surface area contributed by atoms with Crippen molar-refractivity contribution in [1.29, 1.82) is 0 Å². The van der Waals surface area contributed by atoms with Crippen LogP contribution in [0.15, 0.2) is 29.2 Å². The lowest BCUT2D eigenvalue weighted by atomic mass is 9.92. The number of carboxylic acids is 1. The summed E-state index contributed by atoms with van der Waals surface area (Å²) in [5.41, 5.74) is 0.607. The molecule has 0 atom stereocenters. The Balaban J connectivity index is 2.05. The van der Waals surface area contributed by atoms with Crippen molar-refractivity contribution in [3.63, 3.8) is 0 Å². The Kier molecular flexibility index (Phi) is 5.81. The van der Waals surface area contributed by atoms with E-state index in [-0.39, 0.29) is 6.42 Å². The van der Waals surface area contributed by atoms with Gasteiger partial charge in [0.05, 0.1) is 4.90 Å². The third-order valence-electron chi connectivity index (χ3n) is 4.54. The van der Waals surface area contributed by atoms with Crippen LogP contribution in [0, 0.1) is 6.92 Å². The van der Waals surface area contributed by atoms with Crippen LogP contribution in [0.3, 0.4) is 0 Å². The third-order valence-corrected chi connectivity index (χ3v) is 6.13. The first kappa shape index (κ1) is 17.9. The fourth-order valence-corrected chi connectivity index (χ4v) is 4.74. The molecule has 0 saturated heterocycles. The lowest BCUT2D eigenvalue weighted by Crippen LogP contribution is -2.46. The zero-order valence-electron chi connectivity index (χ0n) is 13.5. The SMILES string of the molecule is Cc1ccc(S(=O)(=O)NC2(CCCCC(=O)O)CCCC2)cc1. The van der Waals surface area contributed by atoms with Crippen LogP contribution in [0.1, 0.15) is 56.9 Å². The van der Waals surface area contributed by atoms with Gasteiger partial charge >= 0.3 is 5.97 Å². The fourth-order valence-electron chi connectivity index (χ4n) is 3.26. The molecule has 0 amide bonds. The lowest BCUT2D eigenvalue weighted by molar-refractivity contribution is -0.137. The molecule has 0 bridgehead atoms. The van der Waals surface area contributed by atoms with Gasteiger partial charge in [-0.15, -0.1) is 0 Å². The molecule has 1 aliphatic rings. The molecular formula is C17H25NO4S. The van der Waals surface area contributed by atoms with Gasteiger partial charge in [-0.2, -0.15) is 0 Å². The average Bonchev–Trinajstić information content (AvgIpc) is 2.92. The van der Waals surface area contributed by atoms with Gasteiger partial charge in [-0.3, -0.25) is 4.79 Å². The number of rotatable bonds is 8. The molecular weight excluding hydrogens is 314 g/mol. The zero-order valence-corrected chi connectivity index (χ0v) is 14.4. The Morgan fingerprint density at radius 2 is 1.78 bits per heavy atom. The summed E-state index contributed by atoms with van der Waals surface area (Å²) in [6, 6.07) is 6.85. The predicted molar refractivity (Wildman–Crippen MR) is 88.8 cm³/mol.